The minimum atomic E-state index is -4.11. The third-order valence-electron chi connectivity index (χ3n) is 5.98. The van der Waals surface area contributed by atoms with E-state index >= 15 is 0 Å². The second kappa shape index (κ2) is 11.3. The van der Waals surface area contributed by atoms with Crippen LogP contribution in [-0.4, -0.2) is 49.3 Å². The summed E-state index contributed by atoms with van der Waals surface area (Å²) in [5.41, 5.74) is 0.681. The quantitative estimate of drug-likeness (QED) is 0.401. The molecule has 1 amide bonds. The van der Waals surface area contributed by atoms with E-state index < -0.39 is 34.1 Å². The maximum Gasteiger partial charge on any atom is 0.243 e. The zero-order valence-electron chi connectivity index (χ0n) is 19.9. The van der Waals surface area contributed by atoms with E-state index in [2.05, 4.69) is 0 Å². The van der Waals surface area contributed by atoms with Crippen molar-refractivity contribution in [3.05, 3.63) is 89.4 Å². The van der Waals surface area contributed by atoms with Crippen LogP contribution in [0.15, 0.2) is 70.0 Å². The average Bonchev–Trinajstić information content (AvgIpc) is 3.51. The Morgan fingerprint density at radius 2 is 1.64 bits per heavy atom. The van der Waals surface area contributed by atoms with E-state index in [0.717, 1.165) is 22.9 Å². The van der Waals surface area contributed by atoms with Crippen molar-refractivity contribution in [1.82, 2.24) is 9.21 Å². The van der Waals surface area contributed by atoms with E-state index in [9.17, 15) is 22.0 Å². The number of rotatable bonds is 10. The molecule has 1 saturated heterocycles. The molecule has 2 aromatic carbocycles. The first-order valence-electron chi connectivity index (χ1n) is 11.7. The number of aryl methyl sites for hydroxylation is 1. The Bertz CT molecular complexity index is 1270. The number of amides is 1. The topological polar surface area (TPSA) is 80.1 Å². The fourth-order valence-electron chi connectivity index (χ4n) is 4.07. The summed E-state index contributed by atoms with van der Waals surface area (Å²) in [5.74, 6) is -0.202. The largest absolute Gasteiger partial charge is 0.464 e. The van der Waals surface area contributed by atoms with Crippen LogP contribution in [0.25, 0.3) is 0 Å². The molecule has 1 aliphatic heterocycles. The zero-order valence-corrected chi connectivity index (χ0v) is 20.7. The van der Waals surface area contributed by atoms with E-state index in [0.29, 0.717) is 30.1 Å². The molecule has 36 heavy (non-hydrogen) atoms. The number of hydrogen-bond donors (Lipinski definition) is 0. The number of hydrogen-bond acceptors (Lipinski definition) is 5. The van der Waals surface area contributed by atoms with Gasteiger partial charge in [0.2, 0.25) is 15.9 Å². The Labute approximate surface area is 209 Å². The fraction of sp³-hybridized carbons (Fsp3) is 0.346. The monoisotopic (exact) mass is 518 g/mol. The minimum absolute atomic E-state index is 0.00427. The molecular weight excluding hydrogens is 490 g/mol. The van der Waals surface area contributed by atoms with Crippen molar-refractivity contribution in [2.24, 2.45) is 0 Å². The molecule has 2 heterocycles. The van der Waals surface area contributed by atoms with Gasteiger partial charge in [0.1, 0.15) is 23.2 Å². The van der Waals surface area contributed by atoms with Gasteiger partial charge in [0, 0.05) is 19.7 Å². The lowest BCUT2D eigenvalue weighted by atomic mass is 10.2. The lowest BCUT2D eigenvalue weighted by Crippen LogP contribution is -2.45. The highest BCUT2D eigenvalue weighted by Gasteiger charge is 2.32. The van der Waals surface area contributed by atoms with Crippen LogP contribution in [0.3, 0.4) is 0 Å². The smallest absolute Gasteiger partial charge is 0.243 e. The second-order valence-corrected chi connectivity index (χ2v) is 10.7. The number of carbonyl (C=O) groups is 1. The Hall–Kier alpha value is -3.08. The maximum atomic E-state index is 13.5. The number of nitrogens with zero attached hydrogens (tertiary/aromatic N) is 2. The Kier molecular flexibility index (Phi) is 8.17. The molecule has 10 heteroatoms. The Balaban J connectivity index is 1.60. The van der Waals surface area contributed by atoms with Crippen molar-refractivity contribution >= 4 is 15.9 Å². The van der Waals surface area contributed by atoms with Crippen molar-refractivity contribution in [3.8, 4) is 0 Å². The number of halogens is 2. The van der Waals surface area contributed by atoms with Gasteiger partial charge in [0.25, 0.3) is 0 Å². The fourth-order valence-corrected chi connectivity index (χ4v) is 5.49. The average molecular weight is 519 g/mol. The summed E-state index contributed by atoms with van der Waals surface area (Å²) < 4.78 is 66.1. The van der Waals surface area contributed by atoms with Gasteiger partial charge in [-0.3, -0.25) is 4.79 Å². The first kappa shape index (κ1) is 26.0. The lowest BCUT2D eigenvalue weighted by Gasteiger charge is -2.28. The molecule has 0 N–H and O–H groups in total. The number of sulfonamides is 1. The maximum absolute atomic E-state index is 13.5. The van der Waals surface area contributed by atoms with E-state index in [1.165, 1.54) is 29.2 Å². The highest BCUT2D eigenvalue weighted by atomic mass is 32.2. The first-order chi connectivity index (χ1) is 17.2. The van der Waals surface area contributed by atoms with Crippen molar-refractivity contribution in [3.63, 3.8) is 0 Å². The van der Waals surface area contributed by atoms with E-state index in [4.69, 9.17) is 9.15 Å². The van der Waals surface area contributed by atoms with Crippen molar-refractivity contribution in [1.29, 1.82) is 0 Å². The van der Waals surface area contributed by atoms with Gasteiger partial charge in [-0.1, -0.05) is 12.1 Å². The van der Waals surface area contributed by atoms with Gasteiger partial charge in [0.15, 0.2) is 0 Å². The second-order valence-electron chi connectivity index (χ2n) is 8.78. The molecule has 0 bridgehead atoms. The molecule has 7 nitrogen and oxygen atoms in total. The van der Waals surface area contributed by atoms with Crippen LogP contribution in [0.5, 0.6) is 0 Å². The third-order valence-corrected chi connectivity index (χ3v) is 7.80. The highest BCUT2D eigenvalue weighted by molar-refractivity contribution is 7.89. The normalized spacial score (nSPS) is 15.9. The van der Waals surface area contributed by atoms with E-state index in [1.807, 2.05) is 0 Å². The van der Waals surface area contributed by atoms with E-state index in [-0.39, 0.29) is 30.6 Å². The molecule has 3 aromatic rings. The summed E-state index contributed by atoms with van der Waals surface area (Å²) in [5, 5.41) is 0. The molecule has 0 aliphatic carbocycles. The van der Waals surface area contributed by atoms with Crippen LogP contribution in [0, 0.1) is 18.6 Å². The van der Waals surface area contributed by atoms with Crippen molar-refractivity contribution < 1.29 is 31.1 Å². The molecule has 4 rings (SSSR count). The molecule has 1 atom stereocenters. The molecule has 0 saturated carbocycles. The zero-order chi connectivity index (χ0) is 25.7. The highest BCUT2D eigenvalue weighted by Crippen LogP contribution is 2.22. The first-order valence-corrected chi connectivity index (χ1v) is 13.1. The standard InChI is InChI=1S/C26H28F2N2O5S/c1-19-4-11-24(35-19)16-29(15-20-5-7-21(27)8-6-20)26(31)18-30(17-23-3-2-14-34-23)36(32,33)25-12-9-22(28)10-13-25/h4-13,23H,2-3,14-18H2,1H3. The van der Waals surface area contributed by atoms with Gasteiger partial charge in [-0.05, 0) is 73.9 Å². The summed E-state index contributed by atoms with van der Waals surface area (Å²) in [6, 6.07) is 13.8. The minimum Gasteiger partial charge on any atom is -0.464 e. The van der Waals surface area contributed by atoms with Crippen LogP contribution >= 0.6 is 0 Å². The van der Waals surface area contributed by atoms with Crippen LogP contribution in [0.2, 0.25) is 0 Å². The van der Waals surface area contributed by atoms with Crippen LogP contribution in [-0.2, 0) is 32.6 Å². The summed E-state index contributed by atoms with van der Waals surface area (Å²) in [7, 11) is -4.11. The van der Waals surface area contributed by atoms with Gasteiger partial charge < -0.3 is 14.1 Å². The van der Waals surface area contributed by atoms with Crippen LogP contribution in [0.4, 0.5) is 8.78 Å². The molecule has 1 fully saturated rings. The third kappa shape index (κ3) is 6.57. The van der Waals surface area contributed by atoms with Crippen LogP contribution in [0.1, 0.15) is 29.9 Å². The molecule has 1 aliphatic rings. The number of carbonyl (C=O) groups excluding carboxylic acids is 1. The number of benzene rings is 2. The summed E-state index contributed by atoms with van der Waals surface area (Å²) in [6.45, 7) is 2.10. The SMILES string of the molecule is Cc1ccc(CN(Cc2ccc(F)cc2)C(=O)CN(CC2CCCO2)S(=O)(=O)c2ccc(F)cc2)o1. The summed E-state index contributed by atoms with van der Waals surface area (Å²) >= 11 is 0. The predicted molar refractivity (Wildman–Crippen MR) is 128 cm³/mol. The molecular formula is C26H28F2N2O5S. The summed E-state index contributed by atoms with van der Waals surface area (Å²) in [4.78, 5) is 14.9. The molecule has 0 radical (unpaired) electrons. The summed E-state index contributed by atoms with van der Waals surface area (Å²) in [6.07, 6.45) is 1.14. The van der Waals surface area contributed by atoms with Crippen molar-refractivity contribution in [2.75, 3.05) is 19.7 Å². The van der Waals surface area contributed by atoms with Crippen molar-refractivity contribution in [2.45, 2.75) is 43.9 Å². The lowest BCUT2D eigenvalue weighted by molar-refractivity contribution is -0.133. The number of ether oxygens (including phenoxy) is 1. The number of furan rings is 1. The van der Waals surface area contributed by atoms with Gasteiger partial charge in [-0.15, -0.1) is 0 Å². The van der Waals surface area contributed by atoms with Crippen LogP contribution < -0.4 is 0 Å². The van der Waals surface area contributed by atoms with Gasteiger partial charge in [0.05, 0.1) is 24.1 Å². The van der Waals surface area contributed by atoms with E-state index in [1.54, 1.807) is 31.2 Å². The predicted octanol–water partition coefficient (Wildman–Crippen LogP) is 4.26. The molecule has 192 valence electrons. The molecule has 1 unspecified atom stereocenters. The molecule has 0 spiro atoms. The van der Waals surface area contributed by atoms with Gasteiger partial charge in [-0.2, -0.15) is 4.31 Å². The Morgan fingerprint density at radius 3 is 2.22 bits per heavy atom. The van der Waals surface area contributed by atoms with Gasteiger partial charge >= 0.3 is 0 Å². The molecule has 1 aromatic heterocycles. The van der Waals surface area contributed by atoms with Gasteiger partial charge in [-0.25, -0.2) is 17.2 Å². The Morgan fingerprint density at radius 1 is 0.972 bits per heavy atom.